The van der Waals surface area contributed by atoms with Crippen LogP contribution in [0.5, 0.6) is 5.75 Å². The minimum atomic E-state index is -4.18. The Hall–Kier alpha value is -2.79. The standard InChI is InChI=1S/C21H27FN3O8P/c1-4-30-20(27)14(3)24-34(29,33-15-8-6-5-7-9-15)31-12-17-16(22)10-18(32-17)25-11-13(2)19(26)23-21(25)28/h5-9,11,14,16-18H,4,10,12H2,1-3H3,(H,24,29)(H,23,26,28)/t14-,16-,17+,18?,34?/m0/s1. The molecule has 1 aromatic heterocycles. The van der Waals surface area contributed by atoms with E-state index in [1.165, 1.54) is 32.2 Å². The molecule has 2 unspecified atom stereocenters. The fourth-order valence-electron chi connectivity index (χ4n) is 3.25. The normalized spacial score (nSPS) is 22.6. The van der Waals surface area contributed by atoms with Crippen molar-refractivity contribution in [3.8, 4) is 5.75 Å². The number of aromatic nitrogens is 2. The highest BCUT2D eigenvalue weighted by atomic mass is 31.2. The van der Waals surface area contributed by atoms with Gasteiger partial charge in [-0.2, -0.15) is 5.09 Å². The third kappa shape index (κ3) is 6.41. The lowest BCUT2D eigenvalue weighted by atomic mass is 10.2. The van der Waals surface area contributed by atoms with E-state index in [2.05, 4.69) is 10.1 Å². The fraction of sp³-hybridized carbons (Fsp3) is 0.476. The molecule has 1 fully saturated rings. The summed E-state index contributed by atoms with van der Waals surface area (Å²) in [4.78, 5) is 37.8. The van der Waals surface area contributed by atoms with Crippen LogP contribution in [0.15, 0.2) is 46.1 Å². The number of hydrogen-bond donors (Lipinski definition) is 2. The number of alkyl halides is 1. The summed E-state index contributed by atoms with van der Waals surface area (Å²) < 4.78 is 50.7. The number of nitrogens with zero attached hydrogens (tertiary/aromatic N) is 1. The van der Waals surface area contributed by atoms with Crippen LogP contribution in [0.4, 0.5) is 4.39 Å². The summed E-state index contributed by atoms with van der Waals surface area (Å²) >= 11 is 0. The summed E-state index contributed by atoms with van der Waals surface area (Å²) in [6.07, 6.45) is -2.63. The predicted octanol–water partition coefficient (Wildman–Crippen LogP) is 2.22. The SMILES string of the molecule is CCOC(=O)[C@H](C)NP(=O)(OC[C@H]1OC(n2cc(C)c(=O)[nH]c2=O)C[C@@H]1F)Oc1ccccc1. The topological polar surface area (TPSA) is 138 Å². The van der Waals surface area contributed by atoms with Crippen molar-refractivity contribution < 1.29 is 32.3 Å². The number of benzene rings is 1. The molecule has 0 saturated carbocycles. The molecule has 11 nitrogen and oxygen atoms in total. The average Bonchev–Trinajstić information content (AvgIpc) is 3.16. The van der Waals surface area contributed by atoms with Crippen molar-refractivity contribution in [2.24, 2.45) is 0 Å². The Bertz CT molecular complexity index is 1150. The molecule has 1 aliphatic rings. The van der Waals surface area contributed by atoms with Crippen LogP contribution in [0, 0.1) is 6.92 Å². The van der Waals surface area contributed by atoms with E-state index >= 15 is 0 Å². The summed E-state index contributed by atoms with van der Waals surface area (Å²) in [6.45, 7) is 4.19. The van der Waals surface area contributed by atoms with Gasteiger partial charge in [-0.3, -0.25) is 23.7 Å². The van der Waals surface area contributed by atoms with Crippen molar-refractivity contribution in [2.75, 3.05) is 13.2 Å². The number of carbonyl (C=O) groups excluding carboxylic acids is 1. The van der Waals surface area contributed by atoms with E-state index in [1.54, 1.807) is 25.1 Å². The van der Waals surface area contributed by atoms with E-state index in [-0.39, 0.29) is 24.3 Å². The first kappa shape index (κ1) is 25.8. The number of nitrogens with one attached hydrogen (secondary N) is 2. The zero-order valence-corrected chi connectivity index (χ0v) is 19.8. The zero-order valence-electron chi connectivity index (χ0n) is 18.9. The number of carbonyl (C=O) groups is 1. The number of para-hydroxylation sites is 1. The van der Waals surface area contributed by atoms with Gasteiger partial charge in [-0.05, 0) is 32.9 Å². The van der Waals surface area contributed by atoms with Gasteiger partial charge in [-0.15, -0.1) is 0 Å². The van der Waals surface area contributed by atoms with Gasteiger partial charge in [-0.1, -0.05) is 18.2 Å². The van der Waals surface area contributed by atoms with Crippen molar-refractivity contribution in [3.05, 3.63) is 62.9 Å². The van der Waals surface area contributed by atoms with Gasteiger partial charge in [0.2, 0.25) is 0 Å². The molecule has 0 bridgehead atoms. The molecule has 1 saturated heterocycles. The second kappa shape index (κ2) is 11.1. The highest BCUT2D eigenvalue weighted by Crippen LogP contribution is 2.46. The number of H-pyrrole nitrogens is 1. The number of aromatic amines is 1. The molecule has 1 aromatic carbocycles. The molecule has 34 heavy (non-hydrogen) atoms. The number of ether oxygens (including phenoxy) is 2. The summed E-state index contributed by atoms with van der Waals surface area (Å²) in [5, 5.41) is 2.49. The molecule has 2 aromatic rings. The molecule has 2 N–H and O–H groups in total. The maximum Gasteiger partial charge on any atom is 0.459 e. The van der Waals surface area contributed by atoms with Gasteiger partial charge in [0.05, 0.1) is 13.2 Å². The van der Waals surface area contributed by atoms with Crippen LogP contribution < -0.4 is 20.9 Å². The van der Waals surface area contributed by atoms with E-state index < -0.39 is 56.1 Å². The first-order valence-corrected chi connectivity index (χ1v) is 12.2. The molecule has 186 valence electrons. The Kier molecular flexibility index (Phi) is 8.42. The second-order valence-electron chi connectivity index (χ2n) is 7.66. The van der Waals surface area contributed by atoms with Crippen LogP contribution in [0.1, 0.15) is 32.1 Å². The van der Waals surface area contributed by atoms with Gasteiger partial charge in [0.25, 0.3) is 5.56 Å². The molecule has 13 heteroatoms. The van der Waals surface area contributed by atoms with Gasteiger partial charge in [0.1, 0.15) is 30.3 Å². The van der Waals surface area contributed by atoms with Crippen LogP contribution in [0.3, 0.4) is 0 Å². The highest BCUT2D eigenvalue weighted by molar-refractivity contribution is 7.52. The van der Waals surface area contributed by atoms with Gasteiger partial charge in [0, 0.05) is 18.2 Å². The lowest BCUT2D eigenvalue weighted by molar-refractivity contribution is -0.144. The van der Waals surface area contributed by atoms with E-state index in [9.17, 15) is 23.3 Å². The third-order valence-corrected chi connectivity index (χ3v) is 6.63. The summed E-state index contributed by atoms with van der Waals surface area (Å²) in [6, 6.07) is 7.07. The van der Waals surface area contributed by atoms with Gasteiger partial charge in [-0.25, -0.2) is 13.8 Å². The number of halogens is 1. The minimum absolute atomic E-state index is 0.125. The van der Waals surface area contributed by atoms with Gasteiger partial charge >= 0.3 is 19.4 Å². The number of hydrogen-bond acceptors (Lipinski definition) is 8. The minimum Gasteiger partial charge on any atom is -0.465 e. The predicted molar refractivity (Wildman–Crippen MR) is 119 cm³/mol. The molecule has 0 radical (unpaired) electrons. The van der Waals surface area contributed by atoms with E-state index in [0.717, 1.165) is 4.57 Å². The van der Waals surface area contributed by atoms with Crippen LogP contribution in [-0.2, 0) is 23.4 Å². The van der Waals surface area contributed by atoms with Gasteiger partial charge in [0.15, 0.2) is 0 Å². The van der Waals surface area contributed by atoms with Crippen LogP contribution in [0.25, 0.3) is 0 Å². The molecule has 5 atom stereocenters. The Morgan fingerprint density at radius 3 is 2.74 bits per heavy atom. The highest BCUT2D eigenvalue weighted by Gasteiger charge is 2.40. The molecular weight excluding hydrogens is 472 g/mol. The number of esters is 1. The van der Waals surface area contributed by atoms with Crippen LogP contribution in [-0.4, -0.2) is 47.1 Å². The quantitative estimate of drug-likeness (QED) is 0.372. The second-order valence-corrected chi connectivity index (χ2v) is 9.35. The van der Waals surface area contributed by atoms with E-state index in [4.69, 9.17) is 18.5 Å². The van der Waals surface area contributed by atoms with Crippen molar-refractivity contribution in [1.29, 1.82) is 0 Å². The monoisotopic (exact) mass is 499 g/mol. The Morgan fingerprint density at radius 2 is 2.06 bits per heavy atom. The third-order valence-electron chi connectivity index (χ3n) is 4.99. The lowest BCUT2D eigenvalue weighted by Gasteiger charge is -2.24. The smallest absolute Gasteiger partial charge is 0.459 e. The molecule has 3 rings (SSSR count). The first-order chi connectivity index (χ1) is 16.1. The summed E-state index contributed by atoms with van der Waals surface area (Å²) in [5.41, 5.74) is -1.02. The number of rotatable bonds is 10. The maximum absolute atomic E-state index is 14.7. The largest absolute Gasteiger partial charge is 0.465 e. The van der Waals surface area contributed by atoms with E-state index in [1.807, 2.05) is 0 Å². The Balaban J connectivity index is 1.73. The maximum atomic E-state index is 14.7. The summed E-state index contributed by atoms with van der Waals surface area (Å²) in [7, 11) is -4.18. The van der Waals surface area contributed by atoms with Gasteiger partial charge < -0.3 is 14.0 Å². The van der Waals surface area contributed by atoms with Crippen LogP contribution in [0.2, 0.25) is 0 Å². The zero-order chi connectivity index (χ0) is 24.9. The molecule has 1 aliphatic heterocycles. The summed E-state index contributed by atoms with van der Waals surface area (Å²) in [5.74, 6) is -0.469. The average molecular weight is 499 g/mol. The number of aryl methyl sites for hydroxylation is 1. The van der Waals surface area contributed by atoms with Crippen molar-refractivity contribution >= 4 is 13.7 Å². The lowest BCUT2D eigenvalue weighted by Crippen LogP contribution is -2.36. The molecular formula is C21H27FN3O8P. The fourth-order valence-corrected chi connectivity index (χ4v) is 4.75. The molecule has 2 heterocycles. The molecule has 0 amide bonds. The molecule has 0 aliphatic carbocycles. The van der Waals surface area contributed by atoms with Crippen molar-refractivity contribution in [3.63, 3.8) is 0 Å². The first-order valence-electron chi connectivity index (χ1n) is 10.7. The van der Waals surface area contributed by atoms with Crippen molar-refractivity contribution in [2.45, 2.75) is 51.7 Å². The van der Waals surface area contributed by atoms with Crippen molar-refractivity contribution in [1.82, 2.24) is 14.6 Å². The van der Waals surface area contributed by atoms with E-state index in [0.29, 0.717) is 0 Å². The Labute approximate surface area is 194 Å². The molecule has 0 spiro atoms. The Morgan fingerprint density at radius 1 is 1.35 bits per heavy atom. The van der Waals surface area contributed by atoms with Crippen LogP contribution >= 0.6 is 7.75 Å².